The average molecular weight is 551 g/mol. The Bertz CT molecular complexity index is 1600. The van der Waals surface area contributed by atoms with Crippen LogP contribution in [0.5, 0.6) is 0 Å². The van der Waals surface area contributed by atoms with E-state index in [-0.39, 0.29) is 0 Å². The zero-order chi connectivity index (χ0) is 27.3. The van der Waals surface area contributed by atoms with E-state index in [1.165, 1.54) is 5.56 Å². The maximum Gasteiger partial charge on any atom is 0.229 e. The Hall–Kier alpha value is -4.25. The quantitative estimate of drug-likeness (QED) is 0.268. The molecule has 1 saturated heterocycles. The normalized spacial score (nSPS) is 13.8. The standard InChI is InChI=1S/C30H30N8OS/c1-20-32-19-27(40-20)22-5-3-6-23(15-22)29-33-16-24(17-34-29)26-18-35-30(37-28(26)31)36-25-7-2-4-21(14-25)8-9-38-10-12-39-13-11-38/h2-7,14-19H,8-13H2,1H3,(H3,31,35,36,37). The number of rotatable bonds is 8. The van der Waals surface area contributed by atoms with Crippen molar-refractivity contribution < 1.29 is 4.74 Å². The Kier molecular flexibility index (Phi) is 7.71. The van der Waals surface area contributed by atoms with Crippen molar-refractivity contribution in [2.45, 2.75) is 13.3 Å². The van der Waals surface area contributed by atoms with Crippen molar-refractivity contribution in [3.8, 4) is 33.0 Å². The van der Waals surface area contributed by atoms with Crippen LogP contribution in [0.3, 0.4) is 0 Å². The lowest BCUT2D eigenvalue weighted by atomic mass is 10.1. The molecule has 5 aromatic rings. The highest BCUT2D eigenvalue weighted by Crippen LogP contribution is 2.30. The lowest BCUT2D eigenvalue weighted by molar-refractivity contribution is 0.0384. The summed E-state index contributed by atoms with van der Waals surface area (Å²) in [6, 6.07) is 16.5. The molecule has 4 heterocycles. The summed E-state index contributed by atoms with van der Waals surface area (Å²) in [4.78, 5) is 26.1. The summed E-state index contributed by atoms with van der Waals surface area (Å²) in [6.07, 6.45) is 8.09. The number of thiazole rings is 1. The van der Waals surface area contributed by atoms with Gasteiger partial charge in [0.15, 0.2) is 5.82 Å². The molecule has 1 aliphatic rings. The van der Waals surface area contributed by atoms with Crippen molar-refractivity contribution in [3.63, 3.8) is 0 Å². The zero-order valence-electron chi connectivity index (χ0n) is 22.2. The minimum Gasteiger partial charge on any atom is -0.383 e. The summed E-state index contributed by atoms with van der Waals surface area (Å²) in [7, 11) is 0. The largest absolute Gasteiger partial charge is 0.383 e. The van der Waals surface area contributed by atoms with Gasteiger partial charge in [-0.25, -0.2) is 19.9 Å². The number of aryl methyl sites for hydroxylation is 1. The van der Waals surface area contributed by atoms with E-state index in [9.17, 15) is 0 Å². The van der Waals surface area contributed by atoms with E-state index < -0.39 is 0 Å². The molecule has 1 aliphatic heterocycles. The summed E-state index contributed by atoms with van der Waals surface area (Å²) in [5.41, 5.74) is 12.0. The van der Waals surface area contributed by atoms with E-state index in [0.29, 0.717) is 23.2 Å². The number of ether oxygens (including phenoxy) is 1. The first-order chi connectivity index (χ1) is 19.6. The van der Waals surface area contributed by atoms with Crippen LogP contribution in [-0.2, 0) is 11.2 Å². The predicted octanol–water partition coefficient (Wildman–Crippen LogP) is 5.23. The lowest BCUT2D eigenvalue weighted by Crippen LogP contribution is -2.37. The number of anilines is 3. The van der Waals surface area contributed by atoms with Gasteiger partial charge in [0.05, 0.1) is 23.1 Å². The first-order valence-electron chi connectivity index (χ1n) is 13.2. The second-order valence-electron chi connectivity index (χ2n) is 9.64. The first kappa shape index (κ1) is 26.0. The SMILES string of the molecule is Cc1ncc(-c2cccc(-c3ncc(-c4cnc(Nc5cccc(CCN6CCOCC6)c5)nc4N)cn3)c2)s1. The minimum absolute atomic E-state index is 0.361. The summed E-state index contributed by atoms with van der Waals surface area (Å²) in [6.45, 7) is 6.63. The van der Waals surface area contributed by atoms with Gasteiger partial charge in [-0.05, 0) is 42.7 Å². The third-order valence-electron chi connectivity index (χ3n) is 6.81. The number of nitrogen functional groups attached to an aromatic ring is 1. The molecule has 3 aromatic heterocycles. The molecule has 10 heteroatoms. The Morgan fingerprint density at radius 1 is 0.900 bits per heavy atom. The van der Waals surface area contributed by atoms with Crippen LogP contribution in [0.2, 0.25) is 0 Å². The molecular formula is C30H30N8OS. The maximum absolute atomic E-state index is 6.34. The highest BCUT2D eigenvalue weighted by Gasteiger charge is 2.12. The van der Waals surface area contributed by atoms with Gasteiger partial charge in [0.1, 0.15) is 5.82 Å². The molecule has 6 rings (SSSR count). The molecule has 0 unspecified atom stereocenters. The van der Waals surface area contributed by atoms with Crippen molar-refractivity contribution in [1.82, 2.24) is 29.8 Å². The molecule has 0 aliphatic carbocycles. The van der Waals surface area contributed by atoms with Crippen molar-refractivity contribution >= 4 is 28.8 Å². The number of nitrogens with one attached hydrogen (secondary N) is 1. The summed E-state index contributed by atoms with van der Waals surface area (Å²) in [5, 5.41) is 4.32. The van der Waals surface area contributed by atoms with Crippen molar-refractivity contribution in [1.29, 1.82) is 0 Å². The molecule has 9 nitrogen and oxygen atoms in total. The number of hydrogen-bond donors (Lipinski definition) is 2. The van der Waals surface area contributed by atoms with Crippen molar-refractivity contribution in [2.75, 3.05) is 43.9 Å². The predicted molar refractivity (Wildman–Crippen MR) is 159 cm³/mol. The van der Waals surface area contributed by atoms with Gasteiger partial charge in [0.25, 0.3) is 0 Å². The number of benzene rings is 2. The number of morpholine rings is 1. The molecule has 2 aromatic carbocycles. The van der Waals surface area contributed by atoms with Gasteiger partial charge in [-0.3, -0.25) is 4.90 Å². The molecule has 0 spiro atoms. The van der Waals surface area contributed by atoms with Gasteiger partial charge in [-0.2, -0.15) is 4.98 Å². The number of aromatic nitrogens is 5. The third kappa shape index (κ3) is 6.15. The molecule has 202 valence electrons. The Labute approximate surface area is 237 Å². The van der Waals surface area contributed by atoms with Crippen molar-refractivity contribution in [2.24, 2.45) is 0 Å². The van der Waals surface area contributed by atoms with Crippen LogP contribution in [0.4, 0.5) is 17.5 Å². The summed E-state index contributed by atoms with van der Waals surface area (Å²) < 4.78 is 5.44. The maximum atomic E-state index is 6.34. The highest BCUT2D eigenvalue weighted by atomic mass is 32.1. The lowest BCUT2D eigenvalue weighted by Gasteiger charge is -2.26. The van der Waals surface area contributed by atoms with Crippen LogP contribution < -0.4 is 11.1 Å². The van der Waals surface area contributed by atoms with Crippen LogP contribution in [-0.4, -0.2) is 62.7 Å². The average Bonchev–Trinajstić information content (AvgIpc) is 3.43. The fraction of sp³-hybridized carbons (Fsp3) is 0.233. The fourth-order valence-electron chi connectivity index (χ4n) is 4.65. The van der Waals surface area contributed by atoms with Gasteiger partial charge in [-0.1, -0.05) is 30.3 Å². The topological polar surface area (TPSA) is 115 Å². The molecule has 0 amide bonds. The molecule has 0 radical (unpaired) electrons. The molecule has 3 N–H and O–H groups in total. The molecule has 40 heavy (non-hydrogen) atoms. The van der Waals surface area contributed by atoms with Gasteiger partial charge in [0.2, 0.25) is 5.95 Å². The minimum atomic E-state index is 0.361. The van der Waals surface area contributed by atoms with E-state index in [1.54, 1.807) is 29.9 Å². The van der Waals surface area contributed by atoms with Crippen LogP contribution in [0, 0.1) is 6.92 Å². The van der Waals surface area contributed by atoms with Gasteiger partial charge in [-0.15, -0.1) is 11.3 Å². The molecule has 0 bridgehead atoms. The summed E-state index contributed by atoms with van der Waals surface area (Å²) >= 11 is 1.67. The number of nitrogens with two attached hydrogens (primary N) is 1. The van der Waals surface area contributed by atoms with Crippen LogP contribution >= 0.6 is 11.3 Å². The monoisotopic (exact) mass is 550 g/mol. The fourth-order valence-corrected chi connectivity index (χ4v) is 5.42. The van der Waals surface area contributed by atoms with E-state index in [1.807, 2.05) is 37.4 Å². The van der Waals surface area contributed by atoms with Crippen molar-refractivity contribution in [3.05, 3.63) is 83.9 Å². The zero-order valence-corrected chi connectivity index (χ0v) is 23.1. The van der Waals surface area contributed by atoms with Gasteiger partial charge in [0, 0.05) is 66.8 Å². The van der Waals surface area contributed by atoms with E-state index in [2.05, 4.69) is 59.4 Å². The molecule has 0 atom stereocenters. The molecule has 1 fully saturated rings. The number of hydrogen-bond acceptors (Lipinski definition) is 10. The second kappa shape index (κ2) is 11.9. The highest BCUT2D eigenvalue weighted by molar-refractivity contribution is 7.15. The van der Waals surface area contributed by atoms with Crippen LogP contribution in [0.1, 0.15) is 10.6 Å². The van der Waals surface area contributed by atoms with E-state index in [4.69, 9.17) is 10.5 Å². The Balaban J connectivity index is 1.13. The molecular weight excluding hydrogens is 520 g/mol. The third-order valence-corrected chi connectivity index (χ3v) is 7.77. The van der Waals surface area contributed by atoms with Gasteiger partial charge >= 0.3 is 0 Å². The number of nitrogens with zero attached hydrogens (tertiary/aromatic N) is 6. The van der Waals surface area contributed by atoms with Crippen LogP contribution in [0.15, 0.2) is 73.3 Å². The Morgan fingerprint density at radius 3 is 2.48 bits per heavy atom. The molecule has 0 saturated carbocycles. The smallest absolute Gasteiger partial charge is 0.229 e. The van der Waals surface area contributed by atoms with E-state index >= 15 is 0 Å². The first-order valence-corrected chi connectivity index (χ1v) is 14.1. The van der Waals surface area contributed by atoms with Gasteiger partial charge < -0.3 is 15.8 Å². The van der Waals surface area contributed by atoms with Crippen LogP contribution in [0.25, 0.3) is 33.0 Å². The Morgan fingerprint density at radius 2 is 1.70 bits per heavy atom. The second-order valence-corrected chi connectivity index (χ2v) is 10.9. The summed E-state index contributed by atoms with van der Waals surface area (Å²) in [5.74, 6) is 1.44. The van der Waals surface area contributed by atoms with E-state index in [0.717, 1.165) is 71.5 Å².